The highest BCUT2D eigenvalue weighted by Crippen LogP contribution is 2.27. The van der Waals surface area contributed by atoms with E-state index in [1.807, 2.05) is 4.90 Å². The number of hydrogen-bond acceptors (Lipinski definition) is 8. The molecule has 0 amide bonds. The summed E-state index contributed by atoms with van der Waals surface area (Å²) in [6.07, 6.45) is 0.599. The molecule has 24 heavy (non-hydrogen) atoms. The van der Waals surface area contributed by atoms with Gasteiger partial charge in [0.05, 0.1) is 38.0 Å². The van der Waals surface area contributed by atoms with Crippen LogP contribution in [0.25, 0.3) is 0 Å². The number of ether oxygens (including phenoxy) is 2. The molecule has 0 unspecified atom stereocenters. The first kappa shape index (κ1) is 17.6. The number of morpholine rings is 2. The van der Waals surface area contributed by atoms with Crippen molar-refractivity contribution in [2.45, 2.75) is 31.8 Å². The first-order valence-corrected chi connectivity index (χ1v) is 8.61. The molecule has 2 aliphatic rings. The zero-order valence-corrected chi connectivity index (χ0v) is 14.9. The van der Waals surface area contributed by atoms with Gasteiger partial charge in [-0.2, -0.15) is 15.0 Å². The Labute approximate surface area is 146 Å². The van der Waals surface area contributed by atoms with E-state index in [9.17, 15) is 5.11 Å². The van der Waals surface area contributed by atoms with E-state index in [1.54, 1.807) is 0 Å². The van der Waals surface area contributed by atoms with Crippen molar-refractivity contribution < 1.29 is 14.6 Å². The number of hydrogen-bond donors (Lipinski definition) is 1. The summed E-state index contributed by atoms with van der Waals surface area (Å²) in [5.74, 6) is 1.10. The lowest BCUT2D eigenvalue weighted by Gasteiger charge is -2.42. The van der Waals surface area contributed by atoms with E-state index in [1.165, 1.54) is 0 Å². The summed E-state index contributed by atoms with van der Waals surface area (Å²) < 4.78 is 11.1. The zero-order chi connectivity index (χ0) is 17.2. The smallest absolute Gasteiger partial charge is 0.232 e. The van der Waals surface area contributed by atoms with Gasteiger partial charge in [0.1, 0.15) is 0 Å². The number of nitrogens with zero attached hydrogens (tertiary/aromatic N) is 5. The summed E-state index contributed by atoms with van der Waals surface area (Å²) >= 11 is 6.18. The molecular formula is C15H24ClN5O3. The molecule has 0 saturated carbocycles. The summed E-state index contributed by atoms with van der Waals surface area (Å²) in [7, 11) is 0. The van der Waals surface area contributed by atoms with Gasteiger partial charge in [-0.15, -0.1) is 0 Å². The molecule has 2 saturated heterocycles. The van der Waals surface area contributed by atoms with Crippen LogP contribution >= 0.6 is 11.6 Å². The number of anilines is 2. The minimum Gasteiger partial charge on any atom is -0.396 e. The molecule has 0 spiro atoms. The molecule has 134 valence electrons. The van der Waals surface area contributed by atoms with Gasteiger partial charge in [-0.3, -0.25) is 0 Å². The van der Waals surface area contributed by atoms with Crippen LogP contribution in [-0.4, -0.2) is 77.8 Å². The van der Waals surface area contributed by atoms with E-state index >= 15 is 0 Å². The Morgan fingerprint density at radius 2 is 1.92 bits per heavy atom. The van der Waals surface area contributed by atoms with Crippen molar-refractivity contribution in [3.05, 3.63) is 5.28 Å². The third-order valence-electron chi connectivity index (χ3n) is 4.42. The molecule has 0 aliphatic carbocycles. The highest BCUT2D eigenvalue weighted by molar-refractivity contribution is 6.28. The summed E-state index contributed by atoms with van der Waals surface area (Å²) in [4.78, 5) is 17.4. The minimum atomic E-state index is -0.213. The summed E-state index contributed by atoms with van der Waals surface area (Å²) in [5, 5.41) is 9.45. The molecular weight excluding hydrogens is 334 g/mol. The molecule has 9 heteroatoms. The second kappa shape index (κ2) is 7.35. The van der Waals surface area contributed by atoms with E-state index in [2.05, 4.69) is 33.7 Å². The predicted molar refractivity (Wildman–Crippen MR) is 90.7 cm³/mol. The molecule has 1 atom stereocenters. The maximum absolute atomic E-state index is 9.28. The SMILES string of the molecule is CC1(C)COCCN1c1nc(Cl)nc(N2CCOC[C@H]2CCO)n1. The maximum Gasteiger partial charge on any atom is 0.232 e. The lowest BCUT2D eigenvalue weighted by Crippen LogP contribution is -2.54. The Morgan fingerprint density at radius 1 is 1.17 bits per heavy atom. The molecule has 2 aliphatic heterocycles. The van der Waals surface area contributed by atoms with Gasteiger partial charge in [-0.25, -0.2) is 0 Å². The third kappa shape index (κ3) is 3.72. The van der Waals surface area contributed by atoms with Gasteiger partial charge in [0.15, 0.2) is 0 Å². The number of aliphatic hydroxyl groups is 1. The average molecular weight is 358 g/mol. The van der Waals surface area contributed by atoms with Gasteiger partial charge >= 0.3 is 0 Å². The van der Waals surface area contributed by atoms with Crippen LogP contribution in [-0.2, 0) is 9.47 Å². The van der Waals surface area contributed by atoms with E-state index in [-0.39, 0.29) is 23.5 Å². The monoisotopic (exact) mass is 357 g/mol. The van der Waals surface area contributed by atoms with Gasteiger partial charge in [0.2, 0.25) is 17.2 Å². The predicted octanol–water partition coefficient (Wildman–Crippen LogP) is 0.728. The van der Waals surface area contributed by atoms with Crippen molar-refractivity contribution >= 4 is 23.5 Å². The van der Waals surface area contributed by atoms with Crippen LogP contribution < -0.4 is 9.80 Å². The zero-order valence-electron chi connectivity index (χ0n) is 14.1. The average Bonchev–Trinajstić information content (AvgIpc) is 2.54. The Morgan fingerprint density at radius 3 is 2.67 bits per heavy atom. The molecule has 3 rings (SSSR count). The Balaban J connectivity index is 1.90. The topological polar surface area (TPSA) is 83.8 Å². The van der Waals surface area contributed by atoms with E-state index in [0.29, 0.717) is 57.8 Å². The number of aliphatic hydroxyl groups excluding tert-OH is 1. The quantitative estimate of drug-likeness (QED) is 0.844. The summed E-state index contributed by atoms with van der Waals surface area (Å²) in [6, 6.07) is 0.0350. The van der Waals surface area contributed by atoms with E-state index in [4.69, 9.17) is 21.1 Å². The Bertz CT molecular complexity index is 572. The normalized spacial score (nSPS) is 24.2. The van der Waals surface area contributed by atoms with Gasteiger partial charge in [0, 0.05) is 19.7 Å². The van der Waals surface area contributed by atoms with Crippen molar-refractivity contribution in [3.8, 4) is 0 Å². The largest absolute Gasteiger partial charge is 0.396 e. The van der Waals surface area contributed by atoms with Crippen LogP contribution in [0, 0.1) is 0 Å². The molecule has 1 aromatic heterocycles. The van der Waals surface area contributed by atoms with Crippen molar-refractivity contribution in [2.24, 2.45) is 0 Å². The molecule has 2 fully saturated rings. The molecule has 1 aromatic rings. The highest BCUT2D eigenvalue weighted by atomic mass is 35.5. The molecule has 1 N–H and O–H groups in total. The van der Waals surface area contributed by atoms with Gasteiger partial charge in [-0.05, 0) is 31.9 Å². The van der Waals surface area contributed by atoms with E-state index in [0.717, 1.165) is 0 Å². The highest BCUT2D eigenvalue weighted by Gasteiger charge is 2.34. The van der Waals surface area contributed by atoms with Crippen molar-refractivity contribution in [1.29, 1.82) is 0 Å². The van der Waals surface area contributed by atoms with Gasteiger partial charge < -0.3 is 24.4 Å². The van der Waals surface area contributed by atoms with Crippen LogP contribution in [0.4, 0.5) is 11.9 Å². The molecule has 3 heterocycles. The minimum absolute atomic E-state index is 0.0350. The second-order valence-corrected chi connectivity index (χ2v) is 6.99. The van der Waals surface area contributed by atoms with Crippen LogP contribution in [0.3, 0.4) is 0 Å². The lowest BCUT2D eigenvalue weighted by molar-refractivity contribution is 0.0633. The fourth-order valence-electron chi connectivity index (χ4n) is 3.11. The van der Waals surface area contributed by atoms with Crippen molar-refractivity contribution in [1.82, 2.24) is 15.0 Å². The third-order valence-corrected chi connectivity index (χ3v) is 4.59. The number of aromatic nitrogens is 3. The fraction of sp³-hybridized carbons (Fsp3) is 0.800. The standard InChI is InChI=1S/C15H24ClN5O3/c1-15(2)10-24-8-5-21(15)14-18-12(16)17-13(19-14)20-4-7-23-9-11(20)3-6-22/h11,22H,3-10H2,1-2H3/t11-/m1/s1. The first-order valence-electron chi connectivity index (χ1n) is 8.23. The molecule has 0 bridgehead atoms. The van der Waals surface area contributed by atoms with Crippen LogP contribution in [0.15, 0.2) is 0 Å². The summed E-state index contributed by atoms with van der Waals surface area (Å²) in [5.41, 5.74) is -0.213. The fourth-order valence-corrected chi connectivity index (χ4v) is 3.27. The maximum atomic E-state index is 9.28. The van der Waals surface area contributed by atoms with E-state index < -0.39 is 0 Å². The summed E-state index contributed by atoms with van der Waals surface area (Å²) in [6.45, 7) is 8.02. The second-order valence-electron chi connectivity index (χ2n) is 6.66. The number of halogens is 1. The van der Waals surface area contributed by atoms with Crippen LogP contribution in [0.5, 0.6) is 0 Å². The Hall–Kier alpha value is -1.22. The Kier molecular flexibility index (Phi) is 5.39. The first-order chi connectivity index (χ1) is 11.5. The van der Waals surface area contributed by atoms with Crippen molar-refractivity contribution in [3.63, 3.8) is 0 Å². The van der Waals surface area contributed by atoms with Crippen molar-refractivity contribution in [2.75, 3.05) is 55.9 Å². The number of rotatable bonds is 4. The van der Waals surface area contributed by atoms with Crippen LogP contribution in [0.1, 0.15) is 20.3 Å². The molecule has 0 aromatic carbocycles. The molecule has 0 radical (unpaired) electrons. The lowest BCUT2D eigenvalue weighted by atomic mass is 10.0. The van der Waals surface area contributed by atoms with Gasteiger partial charge in [-0.1, -0.05) is 0 Å². The van der Waals surface area contributed by atoms with Gasteiger partial charge in [0.25, 0.3) is 0 Å². The van der Waals surface area contributed by atoms with Crippen LogP contribution in [0.2, 0.25) is 5.28 Å². The molecule has 8 nitrogen and oxygen atoms in total.